The van der Waals surface area contributed by atoms with Crippen LogP contribution >= 0.6 is 0 Å². The molecule has 0 aliphatic heterocycles. The number of nitrogens with one attached hydrogen (secondary N) is 1. The molecular weight excluding hydrogens is 430 g/mol. The number of anilines is 1. The number of hydrogen-bond acceptors (Lipinski definition) is 8. The molecule has 3 rings (SSSR count). The zero-order chi connectivity index (χ0) is 24.0. The molecule has 0 radical (unpaired) electrons. The number of aryl methyl sites for hydroxylation is 2. The molecule has 0 aliphatic rings. The molecule has 2 aromatic heterocycles. The van der Waals surface area contributed by atoms with Crippen molar-refractivity contribution < 1.29 is 29.7 Å². The van der Waals surface area contributed by atoms with E-state index in [0.29, 0.717) is 17.5 Å². The zero-order valence-electron chi connectivity index (χ0n) is 17.6. The summed E-state index contributed by atoms with van der Waals surface area (Å²) in [6.45, 7) is 0. The summed E-state index contributed by atoms with van der Waals surface area (Å²) in [6, 6.07) is 7.25. The topological polar surface area (TPSA) is 189 Å². The quantitative estimate of drug-likeness (QED) is 0.301. The molecule has 0 saturated heterocycles. The molecule has 172 valence electrons. The summed E-state index contributed by atoms with van der Waals surface area (Å²) in [5, 5.41) is 30.6. The Labute approximate surface area is 188 Å². The van der Waals surface area contributed by atoms with Gasteiger partial charge >= 0.3 is 11.9 Å². The van der Waals surface area contributed by atoms with Gasteiger partial charge in [-0.3, -0.25) is 9.59 Å². The molecule has 2 heterocycles. The summed E-state index contributed by atoms with van der Waals surface area (Å²) >= 11 is 0. The van der Waals surface area contributed by atoms with Gasteiger partial charge in [0.2, 0.25) is 11.8 Å². The predicted molar refractivity (Wildman–Crippen MR) is 118 cm³/mol. The Kier molecular flexibility index (Phi) is 7.34. The number of pyridine rings is 1. The van der Waals surface area contributed by atoms with E-state index >= 15 is 0 Å². The third-order valence-corrected chi connectivity index (χ3v) is 5.00. The van der Waals surface area contributed by atoms with Crippen LogP contribution in [0.2, 0.25) is 0 Å². The van der Waals surface area contributed by atoms with Crippen molar-refractivity contribution in [2.75, 3.05) is 5.73 Å². The third kappa shape index (κ3) is 6.35. The second kappa shape index (κ2) is 10.4. The SMILES string of the molecule is Nc1nc(O)c2cc(CCCc3ccc(C(=O)N[C@@H](CCC(=O)O)C(=O)O)cc3)cnc2n1. The summed E-state index contributed by atoms with van der Waals surface area (Å²) < 4.78 is 0. The van der Waals surface area contributed by atoms with Crippen LogP contribution in [0.25, 0.3) is 11.0 Å². The van der Waals surface area contributed by atoms with Crippen LogP contribution in [-0.2, 0) is 22.4 Å². The van der Waals surface area contributed by atoms with E-state index in [1.807, 2.05) is 0 Å². The first kappa shape index (κ1) is 23.4. The first-order chi connectivity index (χ1) is 15.7. The minimum Gasteiger partial charge on any atom is -0.493 e. The average Bonchev–Trinajstić information content (AvgIpc) is 2.77. The van der Waals surface area contributed by atoms with Gasteiger partial charge in [0.25, 0.3) is 5.91 Å². The summed E-state index contributed by atoms with van der Waals surface area (Å²) in [4.78, 5) is 46.1. The van der Waals surface area contributed by atoms with Crippen molar-refractivity contribution in [1.82, 2.24) is 20.3 Å². The third-order valence-electron chi connectivity index (χ3n) is 5.00. The van der Waals surface area contributed by atoms with E-state index in [1.54, 1.807) is 36.5 Å². The van der Waals surface area contributed by atoms with Gasteiger partial charge in [-0.1, -0.05) is 12.1 Å². The summed E-state index contributed by atoms with van der Waals surface area (Å²) in [5.41, 5.74) is 8.01. The van der Waals surface area contributed by atoms with Crippen molar-refractivity contribution >= 4 is 34.8 Å². The maximum atomic E-state index is 12.3. The summed E-state index contributed by atoms with van der Waals surface area (Å²) in [7, 11) is 0. The molecule has 0 fully saturated rings. The molecule has 1 amide bonds. The maximum Gasteiger partial charge on any atom is 0.326 e. The Hall–Kier alpha value is -4.28. The number of nitrogen functional groups attached to an aromatic ring is 1. The molecular formula is C22H23N5O6. The van der Waals surface area contributed by atoms with Crippen molar-refractivity contribution in [3.05, 3.63) is 53.2 Å². The lowest BCUT2D eigenvalue weighted by Gasteiger charge is -2.13. The van der Waals surface area contributed by atoms with E-state index in [0.717, 1.165) is 24.0 Å². The Morgan fingerprint density at radius 2 is 1.73 bits per heavy atom. The van der Waals surface area contributed by atoms with Crippen LogP contribution in [0.4, 0.5) is 5.95 Å². The number of nitrogens with two attached hydrogens (primary N) is 1. The lowest BCUT2D eigenvalue weighted by molar-refractivity contribution is -0.140. The average molecular weight is 453 g/mol. The van der Waals surface area contributed by atoms with Crippen molar-refractivity contribution in [1.29, 1.82) is 0 Å². The Morgan fingerprint density at radius 1 is 1.03 bits per heavy atom. The minimum atomic E-state index is -1.28. The maximum absolute atomic E-state index is 12.3. The molecule has 0 unspecified atom stereocenters. The first-order valence-corrected chi connectivity index (χ1v) is 10.2. The molecule has 6 N–H and O–H groups in total. The lowest BCUT2D eigenvalue weighted by Crippen LogP contribution is -2.41. The van der Waals surface area contributed by atoms with E-state index in [1.165, 1.54) is 0 Å². The number of rotatable bonds is 10. The molecule has 0 spiro atoms. The van der Waals surface area contributed by atoms with Gasteiger partial charge < -0.3 is 26.4 Å². The van der Waals surface area contributed by atoms with Crippen LogP contribution in [0.15, 0.2) is 36.5 Å². The van der Waals surface area contributed by atoms with Crippen molar-refractivity contribution in [3.63, 3.8) is 0 Å². The largest absolute Gasteiger partial charge is 0.493 e. The van der Waals surface area contributed by atoms with Gasteiger partial charge in [-0.2, -0.15) is 9.97 Å². The molecule has 0 bridgehead atoms. The number of aromatic hydroxyl groups is 1. The van der Waals surface area contributed by atoms with Crippen LogP contribution in [0.1, 0.15) is 40.7 Å². The number of nitrogens with zero attached hydrogens (tertiary/aromatic N) is 3. The van der Waals surface area contributed by atoms with Crippen molar-refractivity contribution in [2.45, 2.75) is 38.1 Å². The van der Waals surface area contributed by atoms with Crippen molar-refractivity contribution in [3.8, 4) is 5.88 Å². The van der Waals surface area contributed by atoms with Gasteiger partial charge in [0.05, 0.1) is 5.39 Å². The molecule has 0 aliphatic carbocycles. The van der Waals surface area contributed by atoms with Crippen molar-refractivity contribution in [2.24, 2.45) is 0 Å². The fourth-order valence-corrected chi connectivity index (χ4v) is 3.28. The number of carbonyl (C=O) groups excluding carboxylic acids is 1. The van der Waals surface area contributed by atoms with Gasteiger partial charge in [0.1, 0.15) is 6.04 Å². The highest BCUT2D eigenvalue weighted by molar-refractivity contribution is 5.96. The number of amides is 1. The van der Waals surface area contributed by atoms with Gasteiger partial charge in [-0.15, -0.1) is 0 Å². The molecule has 1 aromatic carbocycles. The molecule has 33 heavy (non-hydrogen) atoms. The molecule has 1 atom stereocenters. The summed E-state index contributed by atoms with van der Waals surface area (Å²) in [6.07, 6.45) is 3.31. The second-order valence-corrected chi connectivity index (χ2v) is 7.47. The molecule has 11 heteroatoms. The van der Waals surface area contributed by atoms with Gasteiger partial charge in [0, 0.05) is 18.2 Å². The Bertz CT molecular complexity index is 1180. The van der Waals surface area contributed by atoms with Gasteiger partial charge in [-0.25, -0.2) is 9.78 Å². The molecule has 0 saturated carbocycles. The second-order valence-electron chi connectivity index (χ2n) is 7.47. The first-order valence-electron chi connectivity index (χ1n) is 10.2. The molecule has 3 aromatic rings. The number of aliphatic carboxylic acids is 2. The van der Waals surface area contributed by atoms with E-state index in [-0.39, 0.29) is 30.2 Å². The normalized spacial score (nSPS) is 11.8. The van der Waals surface area contributed by atoms with E-state index in [4.69, 9.17) is 15.9 Å². The number of carboxylic acids is 2. The smallest absolute Gasteiger partial charge is 0.326 e. The number of aromatic nitrogens is 3. The highest BCUT2D eigenvalue weighted by Crippen LogP contribution is 2.22. The van der Waals surface area contributed by atoms with Crippen LogP contribution < -0.4 is 11.1 Å². The number of benzene rings is 1. The van der Waals surface area contributed by atoms with Crippen LogP contribution in [0, 0.1) is 0 Å². The highest BCUT2D eigenvalue weighted by atomic mass is 16.4. The highest BCUT2D eigenvalue weighted by Gasteiger charge is 2.21. The zero-order valence-corrected chi connectivity index (χ0v) is 17.6. The Morgan fingerprint density at radius 3 is 2.39 bits per heavy atom. The van der Waals surface area contributed by atoms with Gasteiger partial charge in [0.15, 0.2) is 5.65 Å². The summed E-state index contributed by atoms with van der Waals surface area (Å²) in [5.74, 6) is -3.25. The number of hydrogen-bond donors (Lipinski definition) is 5. The minimum absolute atomic E-state index is 0.0453. The van der Waals surface area contributed by atoms with Crippen LogP contribution in [-0.4, -0.2) is 54.2 Å². The van der Waals surface area contributed by atoms with Gasteiger partial charge in [-0.05, 0) is 55.0 Å². The van der Waals surface area contributed by atoms with E-state index < -0.39 is 23.9 Å². The molecule has 11 nitrogen and oxygen atoms in total. The number of fused-ring (bicyclic) bond motifs is 1. The van der Waals surface area contributed by atoms with Crippen LogP contribution in [0.3, 0.4) is 0 Å². The number of carbonyl (C=O) groups is 3. The number of carboxylic acid groups (broad SMARTS) is 2. The monoisotopic (exact) mass is 453 g/mol. The van der Waals surface area contributed by atoms with Crippen LogP contribution in [0.5, 0.6) is 5.88 Å². The fourth-order valence-electron chi connectivity index (χ4n) is 3.28. The predicted octanol–water partition coefficient (Wildman–Crippen LogP) is 1.54. The lowest BCUT2D eigenvalue weighted by atomic mass is 10.0. The van der Waals surface area contributed by atoms with E-state index in [2.05, 4.69) is 20.3 Å². The standard InChI is InChI=1S/C22H23N5O6/c23-22-26-18-15(20(31)27-22)10-13(11-24-18)3-1-2-12-4-6-14(7-5-12)19(30)25-16(21(32)33)8-9-17(28)29/h4-7,10-11,16H,1-3,8-9H2,(H,25,30)(H,28,29)(H,32,33)(H3,23,24,26,27,31)/t16-/m0/s1. The fraction of sp³-hybridized carbons (Fsp3) is 0.273. The van der Waals surface area contributed by atoms with E-state index in [9.17, 15) is 19.5 Å². The Balaban J connectivity index is 1.55.